The smallest absolute Gasteiger partial charge is 0.271 e. The molecular formula is C20H19FN4O2. The van der Waals surface area contributed by atoms with Crippen molar-refractivity contribution in [2.75, 3.05) is 11.9 Å². The molecule has 27 heavy (non-hydrogen) atoms. The number of halogens is 1. The van der Waals surface area contributed by atoms with Crippen molar-refractivity contribution < 1.29 is 13.9 Å². The first-order valence-electron chi connectivity index (χ1n) is 8.48. The van der Waals surface area contributed by atoms with Crippen LogP contribution in [0.15, 0.2) is 60.9 Å². The van der Waals surface area contributed by atoms with Gasteiger partial charge in [0.05, 0.1) is 19.0 Å². The normalized spacial score (nSPS) is 10.3. The van der Waals surface area contributed by atoms with E-state index in [4.69, 9.17) is 4.74 Å². The van der Waals surface area contributed by atoms with Crippen molar-refractivity contribution in [3.63, 3.8) is 0 Å². The number of hydrogen-bond acceptors (Lipinski definition) is 5. The minimum atomic E-state index is -0.348. The summed E-state index contributed by atoms with van der Waals surface area (Å²) in [7, 11) is 0. The number of hydrogen-bond donors (Lipinski definition) is 2. The van der Waals surface area contributed by atoms with Crippen molar-refractivity contribution in [1.82, 2.24) is 15.3 Å². The number of nitrogens with zero attached hydrogens (tertiary/aromatic N) is 2. The zero-order chi connectivity index (χ0) is 19.1. The van der Waals surface area contributed by atoms with E-state index in [0.29, 0.717) is 12.4 Å². The second-order valence-corrected chi connectivity index (χ2v) is 5.68. The van der Waals surface area contributed by atoms with Gasteiger partial charge in [-0.3, -0.25) is 4.79 Å². The summed E-state index contributed by atoms with van der Waals surface area (Å²) in [5, 5.41) is 5.83. The lowest BCUT2D eigenvalue weighted by molar-refractivity contribution is 0.0945. The summed E-state index contributed by atoms with van der Waals surface area (Å²) in [5.41, 5.74) is 1.84. The molecule has 3 aromatic rings. The quantitative estimate of drug-likeness (QED) is 0.667. The van der Waals surface area contributed by atoms with E-state index < -0.39 is 0 Å². The number of carbonyl (C=O) groups is 1. The average Bonchev–Trinajstić information content (AvgIpc) is 2.70. The summed E-state index contributed by atoms with van der Waals surface area (Å²) in [5.74, 6) is 0.655. The van der Waals surface area contributed by atoms with Crippen LogP contribution in [0.1, 0.15) is 23.0 Å². The van der Waals surface area contributed by atoms with Crippen molar-refractivity contribution in [3.05, 3.63) is 78.0 Å². The molecule has 0 saturated carbocycles. The Bertz CT molecular complexity index is 881. The van der Waals surface area contributed by atoms with E-state index in [1.54, 1.807) is 12.1 Å². The molecule has 7 heteroatoms. The topological polar surface area (TPSA) is 76.1 Å². The summed E-state index contributed by atoms with van der Waals surface area (Å²) in [6, 6.07) is 13.4. The zero-order valence-electron chi connectivity index (χ0n) is 14.8. The summed E-state index contributed by atoms with van der Waals surface area (Å²) in [6.07, 6.45) is 2.89. The van der Waals surface area contributed by atoms with Gasteiger partial charge in [0.25, 0.3) is 5.91 Å². The Hall–Kier alpha value is -3.48. The standard InChI is InChI=1S/C20H19FN4O2/c1-2-27-17-9-7-16(8-10-17)25-19-13-22-18(12-23-19)20(26)24-11-14-3-5-15(21)6-4-14/h3-10,12-13H,2,11H2,1H3,(H,23,25)(H,24,26). The Morgan fingerprint density at radius 3 is 2.41 bits per heavy atom. The van der Waals surface area contributed by atoms with Gasteiger partial charge in [-0.1, -0.05) is 12.1 Å². The number of carbonyl (C=O) groups excluding carboxylic acids is 1. The number of aromatic nitrogens is 2. The predicted molar refractivity (Wildman–Crippen MR) is 100 cm³/mol. The molecule has 3 rings (SSSR count). The fraction of sp³-hybridized carbons (Fsp3) is 0.150. The van der Waals surface area contributed by atoms with Gasteiger partial charge in [-0.15, -0.1) is 0 Å². The summed E-state index contributed by atoms with van der Waals surface area (Å²) >= 11 is 0. The van der Waals surface area contributed by atoms with Gasteiger partial charge in [-0.25, -0.2) is 14.4 Å². The summed E-state index contributed by atoms with van der Waals surface area (Å²) in [6.45, 7) is 2.83. The molecule has 1 aromatic heterocycles. The third-order valence-corrected chi connectivity index (χ3v) is 3.69. The molecule has 0 fully saturated rings. The van der Waals surface area contributed by atoms with Crippen LogP contribution < -0.4 is 15.4 Å². The Morgan fingerprint density at radius 1 is 1.04 bits per heavy atom. The maximum Gasteiger partial charge on any atom is 0.271 e. The monoisotopic (exact) mass is 366 g/mol. The van der Waals surface area contributed by atoms with Crippen LogP contribution >= 0.6 is 0 Å². The Kier molecular flexibility index (Phi) is 5.94. The maximum absolute atomic E-state index is 12.9. The molecule has 138 valence electrons. The minimum Gasteiger partial charge on any atom is -0.494 e. The van der Waals surface area contributed by atoms with Crippen molar-refractivity contribution >= 4 is 17.4 Å². The SMILES string of the molecule is CCOc1ccc(Nc2cnc(C(=O)NCc3ccc(F)cc3)cn2)cc1. The Balaban J connectivity index is 1.55. The fourth-order valence-electron chi connectivity index (χ4n) is 2.33. The first kappa shape index (κ1) is 18.3. The summed E-state index contributed by atoms with van der Waals surface area (Å²) in [4.78, 5) is 20.5. The molecule has 0 bridgehead atoms. The third-order valence-electron chi connectivity index (χ3n) is 3.69. The molecule has 0 spiro atoms. The van der Waals surface area contributed by atoms with Crippen molar-refractivity contribution in [1.29, 1.82) is 0 Å². The fourth-order valence-corrected chi connectivity index (χ4v) is 2.33. The molecule has 0 saturated heterocycles. The van der Waals surface area contributed by atoms with Crippen LogP contribution in [-0.4, -0.2) is 22.5 Å². The molecule has 0 atom stereocenters. The van der Waals surface area contributed by atoms with Gasteiger partial charge in [0.2, 0.25) is 0 Å². The molecule has 0 aliphatic heterocycles. The Labute approximate surface area is 156 Å². The lowest BCUT2D eigenvalue weighted by Gasteiger charge is -2.08. The first-order valence-corrected chi connectivity index (χ1v) is 8.48. The molecular weight excluding hydrogens is 347 g/mol. The van der Waals surface area contributed by atoms with E-state index in [9.17, 15) is 9.18 Å². The minimum absolute atomic E-state index is 0.203. The highest BCUT2D eigenvalue weighted by molar-refractivity contribution is 5.92. The molecule has 0 aliphatic rings. The van der Waals surface area contributed by atoms with Crippen LogP contribution in [-0.2, 0) is 6.54 Å². The molecule has 1 heterocycles. The van der Waals surface area contributed by atoms with Crippen LogP contribution in [0.4, 0.5) is 15.9 Å². The number of benzene rings is 2. The molecule has 6 nitrogen and oxygen atoms in total. The number of rotatable bonds is 7. The van der Waals surface area contributed by atoms with E-state index in [1.807, 2.05) is 31.2 Å². The van der Waals surface area contributed by atoms with Crippen LogP contribution in [0.3, 0.4) is 0 Å². The van der Waals surface area contributed by atoms with E-state index in [1.165, 1.54) is 24.5 Å². The molecule has 2 N–H and O–H groups in total. The highest BCUT2D eigenvalue weighted by Crippen LogP contribution is 2.18. The lowest BCUT2D eigenvalue weighted by Crippen LogP contribution is -2.24. The van der Waals surface area contributed by atoms with Crippen molar-refractivity contribution in [3.8, 4) is 5.75 Å². The largest absolute Gasteiger partial charge is 0.494 e. The van der Waals surface area contributed by atoms with Crippen molar-refractivity contribution in [2.24, 2.45) is 0 Å². The second-order valence-electron chi connectivity index (χ2n) is 5.68. The van der Waals surface area contributed by atoms with Gasteiger partial charge < -0.3 is 15.4 Å². The van der Waals surface area contributed by atoms with Gasteiger partial charge in [0.1, 0.15) is 23.1 Å². The second kappa shape index (κ2) is 8.75. The highest BCUT2D eigenvalue weighted by Gasteiger charge is 2.08. The molecule has 0 unspecified atom stereocenters. The number of amides is 1. The summed E-state index contributed by atoms with van der Waals surface area (Å²) < 4.78 is 18.3. The van der Waals surface area contributed by atoms with E-state index in [-0.39, 0.29) is 24.0 Å². The van der Waals surface area contributed by atoms with Gasteiger partial charge in [0, 0.05) is 12.2 Å². The number of anilines is 2. The lowest BCUT2D eigenvalue weighted by atomic mass is 10.2. The third kappa shape index (κ3) is 5.24. The van der Waals surface area contributed by atoms with Crippen LogP contribution in [0.5, 0.6) is 5.75 Å². The molecule has 1 amide bonds. The van der Waals surface area contributed by atoms with Gasteiger partial charge in [-0.05, 0) is 48.9 Å². The highest BCUT2D eigenvalue weighted by atomic mass is 19.1. The maximum atomic E-state index is 12.9. The van der Waals surface area contributed by atoms with E-state index >= 15 is 0 Å². The van der Waals surface area contributed by atoms with E-state index in [2.05, 4.69) is 20.6 Å². The van der Waals surface area contributed by atoms with Gasteiger partial charge in [-0.2, -0.15) is 0 Å². The average molecular weight is 366 g/mol. The molecule has 0 aliphatic carbocycles. The molecule has 2 aromatic carbocycles. The molecule has 0 radical (unpaired) electrons. The van der Waals surface area contributed by atoms with Gasteiger partial charge in [0.15, 0.2) is 0 Å². The van der Waals surface area contributed by atoms with Gasteiger partial charge >= 0.3 is 0 Å². The zero-order valence-corrected chi connectivity index (χ0v) is 14.8. The Morgan fingerprint density at radius 2 is 1.78 bits per heavy atom. The van der Waals surface area contributed by atoms with Crippen molar-refractivity contribution in [2.45, 2.75) is 13.5 Å². The van der Waals surface area contributed by atoms with Crippen LogP contribution in [0.25, 0.3) is 0 Å². The predicted octanol–water partition coefficient (Wildman–Crippen LogP) is 3.69. The van der Waals surface area contributed by atoms with Crippen LogP contribution in [0, 0.1) is 5.82 Å². The number of ether oxygens (including phenoxy) is 1. The number of nitrogens with one attached hydrogen (secondary N) is 2. The van der Waals surface area contributed by atoms with E-state index in [0.717, 1.165) is 17.0 Å². The van der Waals surface area contributed by atoms with Crippen LogP contribution in [0.2, 0.25) is 0 Å². The first-order chi connectivity index (χ1) is 13.1.